The maximum atomic E-state index is 12.5. The summed E-state index contributed by atoms with van der Waals surface area (Å²) < 4.78 is 9.78. The smallest absolute Gasteiger partial charge is 0.251 e. The van der Waals surface area contributed by atoms with Gasteiger partial charge in [-0.05, 0) is 72.1 Å². The molecule has 152 valence electrons. The molecule has 29 heavy (non-hydrogen) atoms. The standard InChI is InChI=1S/C22H23Br2N3O2/c1-15-21(24)16(2)27(26-15)11-5-10-25-22(28)18-7-3-6-17(12-18)14-29-20-9-4-8-19(23)13-20/h3-4,6-9,12-13H,5,10-11,14H2,1-2H3,(H,25,28). The molecule has 3 rings (SSSR count). The van der Waals surface area contributed by atoms with Gasteiger partial charge in [-0.2, -0.15) is 5.10 Å². The maximum Gasteiger partial charge on any atom is 0.251 e. The largest absolute Gasteiger partial charge is 0.489 e. The number of amides is 1. The fourth-order valence-electron chi connectivity index (χ4n) is 2.95. The normalized spacial score (nSPS) is 10.8. The third kappa shape index (κ3) is 5.93. The first kappa shape index (κ1) is 21.6. The number of rotatable bonds is 8. The van der Waals surface area contributed by atoms with Crippen molar-refractivity contribution in [3.63, 3.8) is 0 Å². The van der Waals surface area contributed by atoms with Crippen molar-refractivity contribution in [2.45, 2.75) is 33.4 Å². The maximum absolute atomic E-state index is 12.5. The van der Waals surface area contributed by atoms with Crippen LogP contribution in [0, 0.1) is 13.8 Å². The lowest BCUT2D eigenvalue weighted by molar-refractivity contribution is 0.0952. The van der Waals surface area contributed by atoms with Crippen molar-refractivity contribution in [3.05, 3.63) is 80.0 Å². The van der Waals surface area contributed by atoms with Crippen molar-refractivity contribution < 1.29 is 9.53 Å². The van der Waals surface area contributed by atoms with Gasteiger partial charge in [-0.1, -0.05) is 34.1 Å². The molecule has 0 aliphatic heterocycles. The van der Waals surface area contributed by atoms with Gasteiger partial charge in [-0.25, -0.2) is 0 Å². The van der Waals surface area contributed by atoms with E-state index < -0.39 is 0 Å². The Morgan fingerprint density at radius 3 is 2.66 bits per heavy atom. The molecule has 2 aromatic carbocycles. The first-order valence-corrected chi connectivity index (χ1v) is 11.0. The molecule has 0 aliphatic rings. The van der Waals surface area contributed by atoms with Crippen molar-refractivity contribution in [2.24, 2.45) is 0 Å². The molecule has 3 aromatic rings. The minimum Gasteiger partial charge on any atom is -0.489 e. The Hall–Kier alpha value is -2.12. The molecule has 0 aliphatic carbocycles. The number of nitrogens with zero attached hydrogens (tertiary/aromatic N) is 2. The molecular weight excluding hydrogens is 498 g/mol. The molecular formula is C22H23Br2N3O2. The van der Waals surface area contributed by atoms with Crippen molar-refractivity contribution in [1.29, 1.82) is 0 Å². The second-order valence-corrected chi connectivity index (χ2v) is 8.47. The number of benzene rings is 2. The van der Waals surface area contributed by atoms with E-state index in [0.717, 1.165) is 44.6 Å². The minimum atomic E-state index is -0.0798. The molecule has 0 saturated carbocycles. The van der Waals surface area contributed by atoms with Crippen LogP contribution >= 0.6 is 31.9 Å². The van der Waals surface area contributed by atoms with Gasteiger partial charge in [0, 0.05) is 28.8 Å². The van der Waals surface area contributed by atoms with E-state index in [2.05, 4.69) is 42.3 Å². The third-order valence-electron chi connectivity index (χ3n) is 4.52. The predicted octanol–water partition coefficient (Wildman–Crippen LogP) is 5.42. The summed E-state index contributed by atoms with van der Waals surface area (Å²) in [6, 6.07) is 15.2. The van der Waals surface area contributed by atoms with Crippen LogP contribution in [0.5, 0.6) is 5.75 Å². The summed E-state index contributed by atoms with van der Waals surface area (Å²) in [5.41, 5.74) is 3.67. The average molecular weight is 521 g/mol. The Labute approximate surface area is 187 Å². The van der Waals surface area contributed by atoms with E-state index >= 15 is 0 Å². The first-order chi connectivity index (χ1) is 13.9. The van der Waals surface area contributed by atoms with Crippen molar-refractivity contribution >= 4 is 37.8 Å². The van der Waals surface area contributed by atoms with Crippen molar-refractivity contribution in [3.8, 4) is 5.75 Å². The molecule has 0 spiro atoms. The van der Waals surface area contributed by atoms with E-state index in [-0.39, 0.29) is 5.91 Å². The zero-order valence-electron chi connectivity index (χ0n) is 16.4. The highest BCUT2D eigenvalue weighted by molar-refractivity contribution is 9.10. The number of halogens is 2. The van der Waals surface area contributed by atoms with Gasteiger partial charge in [0.25, 0.3) is 5.91 Å². The first-order valence-electron chi connectivity index (χ1n) is 9.39. The monoisotopic (exact) mass is 519 g/mol. The molecule has 1 N–H and O–H groups in total. The zero-order chi connectivity index (χ0) is 20.8. The van der Waals surface area contributed by atoms with Gasteiger partial charge in [-0.3, -0.25) is 9.48 Å². The SMILES string of the molecule is Cc1nn(CCCNC(=O)c2cccc(COc3cccc(Br)c3)c2)c(C)c1Br. The topological polar surface area (TPSA) is 56.2 Å². The zero-order valence-corrected chi connectivity index (χ0v) is 19.6. The van der Waals surface area contributed by atoms with Crippen molar-refractivity contribution in [2.75, 3.05) is 6.54 Å². The summed E-state index contributed by atoms with van der Waals surface area (Å²) in [4.78, 5) is 12.5. The van der Waals surface area contributed by atoms with Crippen LogP contribution < -0.4 is 10.1 Å². The molecule has 5 nitrogen and oxygen atoms in total. The number of aryl methyl sites for hydroxylation is 2. The van der Waals surface area contributed by atoms with E-state index in [9.17, 15) is 4.79 Å². The minimum absolute atomic E-state index is 0.0798. The Morgan fingerprint density at radius 1 is 1.14 bits per heavy atom. The second-order valence-electron chi connectivity index (χ2n) is 6.76. The van der Waals surface area contributed by atoms with Crippen LogP contribution in [0.4, 0.5) is 0 Å². The second kappa shape index (κ2) is 10.1. The molecule has 0 fully saturated rings. The Kier molecular flexibility index (Phi) is 7.50. The predicted molar refractivity (Wildman–Crippen MR) is 121 cm³/mol. The van der Waals surface area contributed by atoms with E-state index in [4.69, 9.17) is 4.74 Å². The highest BCUT2D eigenvalue weighted by Crippen LogP contribution is 2.20. The number of hydrogen-bond acceptors (Lipinski definition) is 3. The Balaban J connectivity index is 1.49. The van der Waals surface area contributed by atoms with E-state index in [1.54, 1.807) is 0 Å². The van der Waals surface area contributed by atoms with E-state index in [0.29, 0.717) is 18.7 Å². The van der Waals surface area contributed by atoms with Crippen LogP contribution in [0.3, 0.4) is 0 Å². The Morgan fingerprint density at radius 2 is 1.93 bits per heavy atom. The number of nitrogens with one attached hydrogen (secondary N) is 1. The number of ether oxygens (including phenoxy) is 1. The molecule has 1 heterocycles. The molecule has 0 saturated heterocycles. The summed E-state index contributed by atoms with van der Waals surface area (Å²) in [5, 5.41) is 7.47. The number of carbonyl (C=O) groups is 1. The van der Waals surface area contributed by atoms with Gasteiger partial charge >= 0.3 is 0 Å². The molecule has 7 heteroatoms. The van der Waals surface area contributed by atoms with Crippen LogP contribution in [0.25, 0.3) is 0 Å². The summed E-state index contributed by atoms with van der Waals surface area (Å²) in [7, 11) is 0. The lowest BCUT2D eigenvalue weighted by Gasteiger charge is -2.09. The van der Waals surface area contributed by atoms with Gasteiger partial charge in [0.1, 0.15) is 12.4 Å². The summed E-state index contributed by atoms with van der Waals surface area (Å²) in [6.45, 7) is 5.77. The molecule has 0 bridgehead atoms. The van der Waals surface area contributed by atoms with Gasteiger partial charge in [0.05, 0.1) is 10.2 Å². The lowest BCUT2D eigenvalue weighted by atomic mass is 10.1. The number of aromatic nitrogens is 2. The number of hydrogen-bond donors (Lipinski definition) is 1. The lowest BCUT2D eigenvalue weighted by Crippen LogP contribution is -2.25. The van der Waals surface area contributed by atoms with E-state index in [1.807, 2.05) is 67.1 Å². The fourth-order valence-corrected chi connectivity index (χ4v) is 3.61. The summed E-state index contributed by atoms with van der Waals surface area (Å²) >= 11 is 6.97. The van der Waals surface area contributed by atoms with Gasteiger partial charge in [0.15, 0.2) is 0 Å². The van der Waals surface area contributed by atoms with Crippen LogP contribution in [0.2, 0.25) is 0 Å². The van der Waals surface area contributed by atoms with Crippen LogP contribution in [0.15, 0.2) is 57.5 Å². The molecule has 0 atom stereocenters. The summed E-state index contributed by atoms with van der Waals surface area (Å²) in [6.07, 6.45) is 0.811. The third-order valence-corrected chi connectivity index (χ3v) is 6.16. The molecule has 1 aromatic heterocycles. The van der Waals surface area contributed by atoms with Gasteiger partial charge in [0.2, 0.25) is 0 Å². The highest BCUT2D eigenvalue weighted by Gasteiger charge is 2.09. The van der Waals surface area contributed by atoms with Crippen molar-refractivity contribution in [1.82, 2.24) is 15.1 Å². The molecule has 0 radical (unpaired) electrons. The Bertz CT molecular complexity index is 1000. The molecule has 1 amide bonds. The van der Waals surface area contributed by atoms with Gasteiger partial charge < -0.3 is 10.1 Å². The van der Waals surface area contributed by atoms with E-state index in [1.165, 1.54) is 0 Å². The van der Waals surface area contributed by atoms with Crippen LogP contribution in [-0.4, -0.2) is 22.2 Å². The highest BCUT2D eigenvalue weighted by atomic mass is 79.9. The fraction of sp³-hybridized carbons (Fsp3) is 0.273. The molecule has 0 unspecified atom stereocenters. The number of carbonyl (C=O) groups excluding carboxylic acids is 1. The van der Waals surface area contributed by atoms with Gasteiger partial charge in [-0.15, -0.1) is 0 Å². The summed E-state index contributed by atoms with van der Waals surface area (Å²) in [5.74, 6) is 0.703. The quantitative estimate of drug-likeness (QED) is 0.403. The average Bonchev–Trinajstić information content (AvgIpc) is 2.96. The van der Waals surface area contributed by atoms with Crippen LogP contribution in [-0.2, 0) is 13.2 Å². The van der Waals surface area contributed by atoms with Crippen LogP contribution in [0.1, 0.15) is 33.7 Å².